The lowest BCUT2D eigenvalue weighted by Crippen LogP contribution is -2.11. The van der Waals surface area contributed by atoms with E-state index in [4.69, 9.17) is 9.84 Å². The Labute approximate surface area is 54.3 Å². The predicted molar refractivity (Wildman–Crippen MR) is 35.4 cm³/mol. The zero-order valence-corrected chi connectivity index (χ0v) is 5.53. The molecule has 0 saturated carbocycles. The molecule has 0 radical (unpaired) electrons. The first-order chi connectivity index (χ1) is 3.83. The van der Waals surface area contributed by atoms with Crippen LogP contribution in [0.5, 0.6) is 0 Å². The van der Waals surface area contributed by atoms with E-state index in [0.29, 0.717) is 6.61 Å². The minimum atomic E-state index is 0.102. The van der Waals surface area contributed by atoms with E-state index in [2.05, 4.69) is 12.6 Å². The molecule has 0 bridgehead atoms. The summed E-state index contributed by atoms with van der Waals surface area (Å²) in [6, 6.07) is 0. The molecule has 2 unspecified atom stereocenters. The van der Waals surface area contributed by atoms with Gasteiger partial charge in [0.1, 0.15) is 11.5 Å². The summed E-state index contributed by atoms with van der Waals surface area (Å²) in [4.78, 5) is 0. The molecule has 1 rings (SSSR count). The molecule has 0 aromatic heterocycles. The average molecular weight is 135 g/mol. The smallest absolute Gasteiger partial charge is 0.170 e. The molecule has 1 aliphatic rings. The molecule has 0 spiro atoms. The standard InChI is InChI=1S/C5H10O2S/c6-3-4-1-2-5(8)7-4/h4-6,8H,1-3H2/p+1. The largest absolute Gasteiger partial charge is 0.444 e. The molecule has 1 heterocycles. The predicted octanol–water partition coefficient (Wildman–Crippen LogP) is 0.146. The van der Waals surface area contributed by atoms with Gasteiger partial charge in [-0.05, 0) is 12.8 Å². The van der Waals surface area contributed by atoms with E-state index in [-0.39, 0.29) is 11.5 Å². The Hall–Kier alpha value is 0.270. The molecule has 1 aliphatic heterocycles. The van der Waals surface area contributed by atoms with Crippen LogP contribution in [0.1, 0.15) is 12.8 Å². The topological polar surface area (TPSA) is 32.1 Å². The van der Waals surface area contributed by atoms with Gasteiger partial charge >= 0.3 is 0 Å². The lowest BCUT2D eigenvalue weighted by Gasteiger charge is -2.02. The van der Waals surface area contributed by atoms with Gasteiger partial charge in [-0.25, -0.2) is 0 Å². The van der Waals surface area contributed by atoms with Crippen LogP contribution >= 0.6 is 12.6 Å². The van der Waals surface area contributed by atoms with Crippen LogP contribution in [0.25, 0.3) is 0 Å². The van der Waals surface area contributed by atoms with Crippen molar-refractivity contribution < 1.29 is 9.84 Å². The number of hydrogen-bond acceptors (Lipinski definition) is 2. The Kier molecular flexibility index (Phi) is 2.16. The van der Waals surface area contributed by atoms with Crippen molar-refractivity contribution in [2.45, 2.75) is 24.4 Å². The molecule has 2 N–H and O–H groups in total. The minimum Gasteiger partial charge on any atom is -0.444 e. The van der Waals surface area contributed by atoms with Crippen molar-refractivity contribution in [3.63, 3.8) is 0 Å². The van der Waals surface area contributed by atoms with Gasteiger partial charge in [-0.1, -0.05) is 0 Å². The second kappa shape index (κ2) is 2.71. The Morgan fingerprint density at radius 2 is 2.38 bits per heavy atom. The highest BCUT2D eigenvalue weighted by molar-refractivity contribution is 7.80. The molecule has 8 heavy (non-hydrogen) atoms. The van der Waals surface area contributed by atoms with E-state index in [1.165, 1.54) is 0 Å². The van der Waals surface area contributed by atoms with Crippen LogP contribution in [-0.4, -0.2) is 23.3 Å². The zero-order chi connectivity index (χ0) is 5.98. The van der Waals surface area contributed by atoms with Crippen molar-refractivity contribution in [1.82, 2.24) is 0 Å². The number of ether oxygens (including phenoxy) is 1. The molecule has 2 nitrogen and oxygen atoms in total. The van der Waals surface area contributed by atoms with E-state index in [1.807, 2.05) is 0 Å². The van der Waals surface area contributed by atoms with E-state index in [9.17, 15) is 0 Å². The normalized spacial score (nSPS) is 38.2. The molecule has 3 heteroatoms. The molecule has 0 amide bonds. The summed E-state index contributed by atoms with van der Waals surface area (Å²) < 4.78 is 5.19. The average Bonchev–Trinajstić information content (AvgIpc) is 2.14. The Bertz CT molecular complexity index is 76.8. The van der Waals surface area contributed by atoms with Gasteiger partial charge in [-0.15, -0.1) is 12.6 Å². The van der Waals surface area contributed by atoms with Crippen LogP contribution in [0, 0.1) is 0 Å². The monoisotopic (exact) mass is 135 g/mol. The van der Waals surface area contributed by atoms with Crippen molar-refractivity contribution in [1.29, 1.82) is 0 Å². The van der Waals surface area contributed by atoms with Gasteiger partial charge in [-0.3, -0.25) is 0 Å². The number of hydrogen-bond donors (Lipinski definition) is 1. The Morgan fingerprint density at radius 3 is 2.62 bits per heavy atom. The molecule has 0 aliphatic carbocycles. The Balaban J connectivity index is 2.22. The summed E-state index contributed by atoms with van der Waals surface area (Å²) in [5.74, 6) is 0. The molecule has 0 aromatic rings. The fraction of sp³-hybridized carbons (Fsp3) is 1.00. The SMILES string of the molecule is [OH2+]CC1CCC(S)O1. The summed E-state index contributed by atoms with van der Waals surface area (Å²) in [7, 11) is 0. The third kappa shape index (κ3) is 1.37. The number of rotatable bonds is 1. The second-order valence-electron chi connectivity index (χ2n) is 1.99. The lowest BCUT2D eigenvalue weighted by molar-refractivity contribution is 0.0469. The van der Waals surface area contributed by atoms with Crippen LogP contribution in [0.3, 0.4) is 0 Å². The summed E-state index contributed by atoms with van der Waals surface area (Å²) >= 11 is 4.10. The van der Waals surface area contributed by atoms with E-state index < -0.39 is 0 Å². The number of thiol groups is 1. The maximum Gasteiger partial charge on any atom is 0.170 e. The second-order valence-corrected chi connectivity index (χ2v) is 2.57. The van der Waals surface area contributed by atoms with E-state index in [1.54, 1.807) is 0 Å². The molecular formula is C5H11O2S+. The first-order valence-electron chi connectivity index (χ1n) is 2.81. The van der Waals surface area contributed by atoms with Gasteiger partial charge in [0.05, 0.1) is 0 Å². The molecular weight excluding hydrogens is 124 g/mol. The molecule has 48 valence electrons. The highest BCUT2D eigenvalue weighted by atomic mass is 32.1. The molecule has 0 aromatic carbocycles. The first-order valence-corrected chi connectivity index (χ1v) is 3.32. The van der Waals surface area contributed by atoms with Gasteiger partial charge in [0.25, 0.3) is 0 Å². The fourth-order valence-corrected chi connectivity index (χ4v) is 1.16. The minimum absolute atomic E-state index is 0.102. The quantitative estimate of drug-likeness (QED) is 0.403. The van der Waals surface area contributed by atoms with Crippen LogP contribution < -0.4 is 0 Å². The van der Waals surface area contributed by atoms with Crippen LogP contribution in [0.15, 0.2) is 0 Å². The summed E-state index contributed by atoms with van der Waals surface area (Å²) in [6.45, 7) is 0.386. The maximum absolute atomic E-state index is 6.93. The summed E-state index contributed by atoms with van der Waals surface area (Å²) in [5.41, 5.74) is 0.102. The van der Waals surface area contributed by atoms with Crippen LogP contribution in [0.2, 0.25) is 0 Å². The van der Waals surface area contributed by atoms with Crippen molar-refractivity contribution in [2.75, 3.05) is 6.61 Å². The third-order valence-corrected chi connectivity index (χ3v) is 1.69. The molecule has 1 saturated heterocycles. The van der Waals surface area contributed by atoms with Gasteiger partial charge in [0.15, 0.2) is 6.61 Å². The highest BCUT2D eigenvalue weighted by Gasteiger charge is 2.22. The van der Waals surface area contributed by atoms with Gasteiger partial charge in [-0.2, -0.15) is 0 Å². The van der Waals surface area contributed by atoms with Crippen LogP contribution in [-0.2, 0) is 4.74 Å². The van der Waals surface area contributed by atoms with Crippen molar-refractivity contribution >= 4 is 12.6 Å². The first kappa shape index (κ1) is 6.39. The summed E-state index contributed by atoms with van der Waals surface area (Å²) in [6.07, 6.45) is 2.18. The zero-order valence-electron chi connectivity index (χ0n) is 4.63. The molecule has 1 fully saturated rings. The van der Waals surface area contributed by atoms with Crippen LogP contribution in [0.4, 0.5) is 0 Å². The summed E-state index contributed by atoms with van der Waals surface area (Å²) in [5, 5.41) is 6.93. The Morgan fingerprint density at radius 1 is 1.62 bits per heavy atom. The maximum atomic E-state index is 6.93. The van der Waals surface area contributed by atoms with Gasteiger partial charge in [0.2, 0.25) is 0 Å². The van der Waals surface area contributed by atoms with Crippen molar-refractivity contribution in [3.8, 4) is 0 Å². The van der Waals surface area contributed by atoms with Gasteiger partial charge in [0, 0.05) is 0 Å². The molecule has 2 atom stereocenters. The van der Waals surface area contributed by atoms with E-state index in [0.717, 1.165) is 12.8 Å². The van der Waals surface area contributed by atoms with Crippen molar-refractivity contribution in [2.24, 2.45) is 0 Å². The van der Waals surface area contributed by atoms with E-state index >= 15 is 0 Å². The third-order valence-electron chi connectivity index (χ3n) is 1.31. The van der Waals surface area contributed by atoms with Gasteiger partial charge < -0.3 is 9.84 Å². The fourth-order valence-electron chi connectivity index (χ4n) is 0.837. The highest BCUT2D eigenvalue weighted by Crippen LogP contribution is 2.20. The lowest BCUT2D eigenvalue weighted by atomic mass is 10.2. The van der Waals surface area contributed by atoms with Crippen molar-refractivity contribution in [3.05, 3.63) is 0 Å².